The number of urea groups is 1. The molecule has 20 heavy (non-hydrogen) atoms. The fourth-order valence-corrected chi connectivity index (χ4v) is 2.43. The lowest BCUT2D eigenvalue weighted by Crippen LogP contribution is -2.48. The molecular weight excluding hydrogens is 277 g/mol. The zero-order chi connectivity index (χ0) is 15.3. The van der Waals surface area contributed by atoms with Crippen LogP contribution in [0, 0.1) is 11.8 Å². The Kier molecular flexibility index (Phi) is 5.64. The van der Waals surface area contributed by atoms with Gasteiger partial charge in [-0.1, -0.05) is 19.8 Å². The first-order chi connectivity index (χ1) is 9.19. The van der Waals surface area contributed by atoms with Crippen LogP contribution < -0.4 is 5.32 Å². The lowest BCUT2D eigenvalue weighted by molar-refractivity contribution is -0.148. The van der Waals surface area contributed by atoms with Crippen molar-refractivity contribution in [2.24, 2.45) is 11.8 Å². The molecule has 2 unspecified atom stereocenters. The number of carboxylic acids is 1. The van der Waals surface area contributed by atoms with Crippen LogP contribution in [0.1, 0.15) is 26.2 Å². The van der Waals surface area contributed by atoms with E-state index in [0.717, 1.165) is 19.3 Å². The molecule has 0 spiro atoms. The average molecular weight is 296 g/mol. The Morgan fingerprint density at radius 2 is 2.00 bits per heavy atom. The second-order valence-electron chi connectivity index (χ2n) is 5.22. The number of rotatable bonds is 5. The minimum Gasteiger partial charge on any atom is -0.480 e. The second-order valence-corrected chi connectivity index (χ2v) is 5.22. The number of amides is 2. The lowest BCUT2D eigenvalue weighted by atomic mass is 9.98. The molecule has 1 fully saturated rings. The maximum absolute atomic E-state index is 12.3. The Bertz CT molecular complexity index is 360. The van der Waals surface area contributed by atoms with E-state index in [1.165, 1.54) is 0 Å². The second kappa shape index (κ2) is 6.81. The van der Waals surface area contributed by atoms with Gasteiger partial charge in [0.05, 0.1) is 0 Å². The van der Waals surface area contributed by atoms with E-state index in [-0.39, 0.29) is 17.4 Å². The maximum atomic E-state index is 12.3. The molecule has 0 bridgehead atoms. The first-order valence-corrected chi connectivity index (χ1v) is 6.50. The van der Waals surface area contributed by atoms with E-state index < -0.39 is 31.3 Å². The predicted octanol–water partition coefficient (Wildman–Crippen LogP) is 2.08. The number of carbonyl (C=O) groups is 2. The number of halogens is 3. The van der Waals surface area contributed by atoms with Crippen LogP contribution in [0.2, 0.25) is 0 Å². The van der Waals surface area contributed by atoms with Gasteiger partial charge < -0.3 is 15.3 Å². The van der Waals surface area contributed by atoms with E-state index in [1.54, 1.807) is 0 Å². The number of alkyl halides is 3. The third-order valence-corrected chi connectivity index (χ3v) is 3.54. The zero-order valence-corrected chi connectivity index (χ0v) is 11.2. The van der Waals surface area contributed by atoms with E-state index in [4.69, 9.17) is 5.11 Å². The number of aliphatic carboxylic acids is 1. The van der Waals surface area contributed by atoms with Crippen LogP contribution in [0.3, 0.4) is 0 Å². The third-order valence-electron chi connectivity index (χ3n) is 3.54. The van der Waals surface area contributed by atoms with Gasteiger partial charge in [0.2, 0.25) is 0 Å². The molecule has 1 rings (SSSR count). The number of hydrogen-bond acceptors (Lipinski definition) is 2. The molecular formula is C12H19F3N2O3. The summed E-state index contributed by atoms with van der Waals surface area (Å²) < 4.78 is 36.9. The predicted molar refractivity (Wildman–Crippen MR) is 65.2 cm³/mol. The largest absolute Gasteiger partial charge is 0.480 e. The third kappa shape index (κ3) is 5.66. The van der Waals surface area contributed by atoms with Crippen LogP contribution >= 0.6 is 0 Å². The molecule has 0 heterocycles. The summed E-state index contributed by atoms with van der Waals surface area (Å²) in [5.41, 5.74) is 0. The molecule has 0 saturated heterocycles. The normalized spacial score (nSPS) is 22.6. The van der Waals surface area contributed by atoms with E-state index in [2.05, 4.69) is 5.32 Å². The van der Waals surface area contributed by atoms with Crippen LogP contribution in [-0.4, -0.2) is 47.8 Å². The van der Waals surface area contributed by atoms with E-state index in [0.29, 0.717) is 5.92 Å². The van der Waals surface area contributed by atoms with Crippen LogP contribution in [-0.2, 0) is 4.79 Å². The first-order valence-electron chi connectivity index (χ1n) is 6.50. The Labute approximate surface area is 115 Å². The Hall–Kier alpha value is -1.47. The van der Waals surface area contributed by atoms with Crippen LogP contribution in [0.15, 0.2) is 0 Å². The summed E-state index contributed by atoms with van der Waals surface area (Å²) in [5.74, 6) is -0.805. The summed E-state index contributed by atoms with van der Waals surface area (Å²) in [7, 11) is 0. The van der Waals surface area contributed by atoms with Crippen molar-refractivity contribution in [3.05, 3.63) is 0 Å². The topological polar surface area (TPSA) is 69.6 Å². The molecule has 0 aliphatic heterocycles. The van der Waals surface area contributed by atoms with Crippen LogP contribution in [0.5, 0.6) is 0 Å². The van der Waals surface area contributed by atoms with E-state index in [9.17, 15) is 22.8 Å². The molecule has 2 amide bonds. The molecule has 5 nitrogen and oxygen atoms in total. The quantitative estimate of drug-likeness (QED) is 0.816. The van der Waals surface area contributed by atoms with Crippen LogP contribution in [0.4, 0.5) is 18.0 Å². The molecule has 0 aromatic rings. The monoisotopic (exact) mass is 296 g/mol. The van der Waals surface area contributed by atoms with Crippen LogP contribution in [0.25, 0.3) is 0 Å². The van der Waals surface area contributed by atoms with Gasteiger partial charge in [-0.25, -0.2) is 4.79 Å². The summed E-state index contributed by atoms with van der Waals surface area (Å²) in [6.45, 7) is -0.209. The summed E-state index contributed by atoms with van der Waals surface area (Å²) in [6, 6.07) is -0.983. The molecule has 2 N–H and O–H groups in total. The van der Waals surface area contributed by atoms with Crippen molar-refractivity contribution in [3.63, 3.8) is 0 Å². The highest BCUT2D eigenvalue weighted by atomic mass is 19.4. The van der Waals surface area contributed by atoms with Crippen molar-refractivity contribution in [1.29, 1.82) is 0 Å². The Morgan fingerprint density at radius 3 is 2.45 bits per heavy atom. The molecule has 1 aliphatic rings. The van der Waals surface area contributed by atoms with Crippen molar-refractivity contribution in [2.75, 3.05) is 19.6 Å². The van der Waals surface area contributed by atoms with Gasteiger partial charge in [0.15, 0.2) is 0 Å². The standard InChI is InChI=1S/C12H19F3N2O3/c1-8-3-2-4-9(8)5-16-11(20)17(6-10(18)19)7-12(13,14)15/h8-9H,2-7H2,1H3,(H,16,20)(H,18,19). The molecule has 8 heteroatoms. The summed E-state index contributed by atoms with van der Waals surface area (Å²) in [4.78, 5) is 22.5. The van der Waals surface area contributed by atoms with Crippen molar-refractivity contribution in [3.8, 4) is 0 Å². The zero-order valence-electron chi connectivity index (χ0n) is 11.2. The first kappa shape index (κ1) is 16.6. The van der Waals surface area contributed by atoms with Crippen molar-refractivity contribution in [2.45, 2.75) is 32.4 Å². The van der Waals surface area contributed by atoms with Gasteiger partial charge in [0.1, 0.15) is 13.1 Å². The number of nitrogens with one attached hydrogen (secondary N) is 1. The maximum Gasteiger partial charge on any atom is 0.406 e. The highest BCUT2D eigenvalue weighted by Gasteiger charge is 2.34. The van der Waals surface area contributed by atoms with Crippen molar-refractivity contribution in [1.82, 2.24) is 10.2 Å². The van der Waals surface area contributed by atoms with Gasteiger partial charge in [0.25, 0.3) is 0 Å². The van der Waals surface area contributed by atoms with Gasteiger partial charge in [-0.2, -0.15) is 13.2 Å². The van der Waals surface area contributed by atoms with Gasteiger partial charge >= 0.3 is 18.2 Å². The Morgan fingerprint density at radius 1 is 1.35 bits per heavy atom. The molecule has 1 aliphatic carbocycles. The highest BCUT2D eigenvalue weighted by molar-refractivity contribution is 5.80. The van der Waals surface area contributed by atoms with Gasteiger partial charge in [-0.15, -0.1) is 0 Å². The van der Waals surface area contributed by atoms with E-state index >= 15 is 0 Å². The van der Waals surface area contributed by atoms with Gasteiger partial charge in [0, 0.05) is 6.54 Å². The smallest absolute Gasteiger partial charge is 0.406 e. The molecule has 116 valence electrons. The highest BCUT2D eigenvalue weighted by Crippen LogP contribution is 2.30. The fraction of sp³-hybridized carbons (Fsp3) is 0.833. The van der Waals surface area contributed by atoms with E-state index in [1.807, 2.05) is 6.92 Å². The number of carboxylic acid groups (broad SMARTS) is 1. The van der Waals surface area contributed by atoms with Crippen molar-refractivity contribution >= 4 is 12.0 Å². The number of nitrogens with zero attached hydrogens (tertiary/aromatic N) is 1. The molecule has 1 saturated carbocycles. The summed E-state index contributed by atoms with van der Waals surface area (Å²) in [5, 5.41) is 11.0. The molecule has 0 aromatic heterocycles. The number of carbonyl (C=O) groups excluding carboxylic acids is 1. The van der Waals surface area contributed by atoms with Crippen molar-refractivity contribution < 1.29 is 27.9 Å². The minimum absolute atomic E-state index is 0.247. The fourth-order valence-electron chi connectivity index (χ4n) is 2.43. The Balaban J connectivity index is 2.51. The molecule has 2 atom stereocenters. The number of hydrogen-bond donors (Lipinski definition) is 2. The van der Waals surface area contributed by atoms with Gasteiger partial charge in [-0.05, 0) is 18.3 Å². The summed E-state index contributed by atoms with van der Waals surface area (Å²) in [6.07, 6.45) is -1.60. The molecule has 0 aromatic carbocycles. The van der Waals surface area contributed by atoms with Gasteiger partial charge in [-0.3, -0.25) is 4.79 Å². The minimum atomic E-state index is -4.62. The summed E-state index contributed by atoms with van der Waals surface area (Å²) >= 11 is 0. The lowest BCUT2D eigenvalue weighted by Gasteiger charge is -2.24. The SMILES string of the molecule is CC1CCCC1CNC(=O)N(CC(=O)O)CC(F)(F)F. The molecule has 0 radical (unpaired) electrons. The average Bonchev–Trinajstić information content (AvgIpc) is 2.68.